The van der Waals surface area contributed by atoms with Gasteiger partial charge in [-0.3, -0.25) is 14.5 Å². The Bertz CT molecular complexity index is 534. The zero-order valence-corrected chi connectivity index (χ0v) is 15.5. The monoisotopic (exact) mass is 340 g/mol. The van der Waals surface area contributed by atoms with E-state index in [2.05, 4.69) is 5.32 Å². The summed E-state index contributed by atoms with van der Waals surface area (Å²) >= 11 is 0. The molecule has 0 aromatic carbocycles. The van der Waals surface area contributed by atoms with Crippen molar-refractivity contribution in [2.45, 2.75) is 66.2 Å². The van der Waals surface area contributed by atoms with Crippen LogP contribution in [0.3, 0.4) is 0 Å². The Morgan fingerprint density at radius 3 is 2.33 bits per heavy atom. The molecule has 0 aromatic rings. The largest absolute Gasteiger partial charge is 0.496 e. The van der Waals surface area contributed by atoms with Crippen molar-refractivity contribution in [2.24, 2.45) is 5.92 Å². The molecule has 0 saturated heterocycles. The maximum absolute atomic E-state index is 12.7. The van der Waals surface area contributed by atoms with Gasteiger partial charge in [-0.25, -0.2) is 4.79 Å². The number of imide groups is 1. The number of alkyl carbamates (subject to hydrolysis) is 1. The van der Waals surface area contributed by atoms with E-state index in [4.69, 9.17) is 9.47 Å². The molecule has 0 fully saturated rings. The molecule has 0 saturated carbocycles. The molecule has 1 aliphatic heterocycles. The number of nitrogens with one attached hydrogen (secondary N) is 1. The molecule has 1 N–H and O–H groups in total. The van der Waals surface area contributed by atoms with E-state index in [9.17, 15) is 14.4 Å². The van der Waals surface area contributed by atoms with Crippen molar-refractivity contribution in [3.8, 4) is 0 Å². The van der Waals surface area contributed by atoms with E-state index in [1.54, 1.807) is 20.8 Å². The molecular weight excluding hydrogens is 312 g/mol. The van der Waals surface area contributed by atoms with Gasteiger partial charge in [0.25, 0.3) is 11.8 Å². The predicted molar refractivity (Wildman–Crippen MR) is 89.0 cm³/mol. The Hall–Kier alpha value is -2.05. The fourth-order valence-electron chi connectivity index (χ4n) is 2.46. The molecule has 2 atom stereocenters. The molecule has 0 spiro atoms. The number of ether oxygens (including phenoxy) is 2. The fraction of sp³-hybridized carbons (Fsp3) is 0.706. The van der Waals surface area contributed by atoms with E-state index < -0.39 is 35.6 Å². The van der Waals surface area contributed by atoms with Crippen molar-refractivity contribution in [3.05, 3.63) is 11.8 Å². The van der Waals surface area contributed by atoms with Crippen molar-refractivity contribution in [1.29, 1.82) is 0 Å². The third-order valence-electron chi connectivity index (χ3n) is 3.36. The summed E-state index contributed by atoms with van der Waals surface area (Å²) in [6.07, 6.45) is 0.640. The van der Waals surface area contributed by atoms with Crippen LogP contribution in [0.4, 0.5) is 4.79 Å². The highest BCUT2D eigenvalue weighted by Gasteiger charge is 2.42. The highest BCUT2D eigenvalue weighted by atomic mass is 16.6. The van der Waals surface area contributed by atoms with E-state index >= 15 is 0 Å². The molecule has 1 rings (SSSR count). The van der Waals surface area contributed by atoms with Crippen LogP contribution in [-0.4, -0.2) is 47.1 Å². The second-order valence-electron chi connectivity index (χ2n) is 7.08. The molecule has 1 heterocycles. The predicted octanol–water partition coefficient (Wildman–Crippen LogP) is 2.21. The highest BCUT2D eigenvalue weighted by molar-refractivity contribution is 6.06. The van der Waals surface area contributed by atoms with Crippen molar-refractivity contribution < 1.29 is 23.9 Å². The second kappa shape index (κ2) is 7.68. The first kappa shape index (κ1) is 20.0. The number of nitrogens with zero attached hydrogens (tertiary/aromatic N) is 1. The van der Waals surface area contributed by atoms with Crippen molar-refractivity contribution in [2.75, 3.05) is 6.61 Å². The second-order valence-corrected chi connectivity index (χ2v) is 7.08. The van der Waals surface area contributed by atoms with Crippen LogP contribution < -0.4 is 5.32 Å². The zero-order chi connectivity index (χ0) is 18.7. The third kappa shape index (κ3) is 4.97. The number of hydrogen-bond acceptors (Lipinski definition) is 5. The van der Waals surface area contributed by atoms with Crippen LogP contribution >= 0.6 is 0 Å². The SMILES string of the molecule is CCOC1=CC(=O)N(C(=O)[C@H](C)NC(=O)OC(C)(C)C)[C@H]1C(C)C. The van der Waals surface area contributed by atoms with Gasteiger partial charge in [0.2, 0.25) is 0 Å². The molecule has 7 heteroatoms. The van der Waals surface area contributed by atoms with Gasteiger partial charge in [0.15, 0.2) is 0 Å². The molecule has 0 bridgehead atoms. The number of amides is 3. The van der Waals surface area contributed by atoms with E-state index in [0.717, 1.165) is 4.90 Å². The molecule has 24 heavy (non-hydrogen) atoms. The molecule has 136 valence electrons. The topological polar surface area (TPSA) is 84.9 Å². The number of rotatable bonds is 5. The zero-order valence-electron chi connectivity index (χ0n) is 15.5. The van der Waals surface area contributed by atoms with Gasteiger partial charge in [-0.05, 0) is 40.5 Å². The minimum Gasteiger partial charge on any atom is -0.496 e. The van der Waals surface area contributed by atoms with E-state index in [1.807, 2.05) is 20.8 Å². The molecule has 0 aliphatic carbocycles. The van der Waals surface area contributed by atoms with Gasteiger partial charge >= 0.3 is 6.09 Å². The summed E-state index contributed by atoms with van der Waals surface area (Å²) in [5, 5.41) is 2.47. The summed E-state index contributed by atoms with van der Waals surface area (Å²) in [6.45, 7) is 12.8. The quantitative estimate of drug-likeness (QED) is 0.829. The first-order chi connectivity index (χ1) is 11.0. The minimum absolute atomic E-state index is 0.00748. The summed E-state index contributed by atoms with van der Waals surface area (Å²) < 4.78 is 10.6. The number of hydrogen-bond donors (Lipinski definition) is 1. The van der Waals surface area contributed by atoms with Gasteiger partial charge in [-0.15, -0.1) is 0 Å². The van der Waals surface area contributed by atoms with Gasteiger partial charge in [-0.2, -0.15) is 0 Å². The molecule has 0 unspecified atom stereocenters. The average molecular weight is 340 g/mol. The normalized spacial score (nSPS) is 19.2. The van der Waals surface area contributed by atoms with Crippen molar-refractivity contribution >= 4 is 17.9 Å². The van der Waals surface area contributed by atoms with Gasteiger partial charge in [0.1, 0.15) is 17.4 Å². The van der Waals surface area contributed by atoms with Crippen LogP contribution in [0.25, 0.3) is 0 Å². The van der Waals surface area contributed by atoms with Crippen molar-refractivity contribution in [1.82, 2.24) is 10.2 Å². The van der Waals surface area contributed by atoms with Crippen LogP contribution in [0.5, 0.6) is 0 Å². The highest BCUT2D eigenvalue weighted by Crippen LogP contribution is 2.27. The average Bonchev–Trinajstić information content (AvgIpc) is 2.72. The first-order valence-corrected chi connectivity index (χ1v) is 8.18. The lowest BCUT2D eigenvalue weighted by Crippen LogP contribution is -2.52. The molecule has 3 amide bonds. The van der Waals surface area contributed by atoms with Crippen LogP contribution in [-0.2, 0) is 19.1 Å². The lowest BCUT2D eigenvalue weighted by Gasteiger charge is -2.30. The first-order valence-electron chi connectivity index (χ1n) is 8.18. The molecule has 0 aromatic heterocycles. The number of carbonyl (C=O) groups is 3. The molecule has 7 nitrogen and oxygen atoms in total. The summed E-state index contributed by atoms with van der Waals surface area (Å²) in [4.78, 5) is 37.9. The lowest BCUT2D eigenvalue weighted by atomic mass is 10.0. The Labute approximate surface area is 143 Å². The smallest absolute Gasteiger partial charge is 0.408 e. The molecule has 1 aliphatic rings. The Kier molecular flexibility index (Phi) is 6.40. The fourth-order valence-corrected chi connectivity index (χ4v) is 2.46. The number of carbonyl (C=O) groups excluding carboxylic acids is 3. The third-order valence-corrected chi connectivity index (χ3v) is 3.36. The molecule has 0 radical (unpaired) electrons. The van der Waals surface area contributed by atoms with E-state index in [1.165, 1.54) is 13.0 Å². The van der Waals surface area contributed by atoms with Crippen LogP contribution in [0, 0.1) is 5.92 Å². The minimum atomic E-state index is -0.889. The summed E-state index contributed by atoms with van der Waals surface area (Å²) in [5.41, 5.74) is -0.666. The Morgan fingerprint density at radius 1 is 1.29 bits per heavy atom. The maximum Gasteiger partial charge on any atom is 0.408 e. The van der Waals surface area contributed by atoms with E-state index in [0.29, 0.717) is 12.4 Å². The maximum atomic E-state index is 12.7. The van der Waals surface area contributed by atoms with Crippen LogP contribution in [0.1, 0.15) is 48.5 Å². The van der Waals surface area contributed by atoms with Gasteiger partial charge in [-0.1, -0.05) is 13.8 Å². The standard InChI is InChI=1S/C17H28N2O5/c1-8-23-12-9-13(20)19(14(12)10(2)3)15(21)11(4)18-16(22)24-17(5,6)7/h9-11,14H,8H2,1-7H3,(H,18,22)/t11-,14-/m0/s1. The van der Waals surface area contributed by atoms with Gasteiger partial charge < -0.3 is 14.8 Å². The van der Waals surface area contributed by atoms with Gasteiger partial charge in [0.05, 0.1) is 12.6 Å². The summed E-state index contributed by atoms with van der Waals surface area (Å²) in [6, 6.07) is -1.35. The lowest BCUT2D eigenvalue weighted by molar-refractivity contribution is -0.145. The van der Waals surface area contributed by atoms with E-state index in [-0.39, 0.29) is 5.92 Å². The van der Waals surface area contributed by atoms with Crippen molar-refractivity contribution in [3.63, 3.8) is 0 Å². The molecular formula is C17H28N2O5. The van der Waals surface area contributed by atoms with Gasteiger partial charge in [0, 0.05) is 6.08 Å². The Balaban J connectivity index is 2.85. The summed E-state index contributed by atoms with van der Waals surface area (Å²) in [7, 11) is 0. The van der Waals surface area contributed by atoms with Crippen LogP contribution in [0.2, 0.25) is 0 Å². The summed E-state index contributed by atoms with van der Waals surface area (Å²) in [5.74, 6) is -0.447. The Morgan fingerprint density at radius 2 is 1.88 bits per heavy atom. The van der Waals surface area contributed by atoms with Crippen LogP contribution in [0.15, 0.2) is 11.8 Å².